The van der Waals surface area contributed by atoms with E-state index < -0.39 is 18.3 Å². The lowest BCUT2D eigenvalue weighted by molar-refractivity contribution is -0.137. The minimum absolute atomic E-state index is 0.0813. The molecule has 90 valence electrons. The Morgan fingerprint density at radius 2 is 2.06 bits per heavy atom. The third kappa shape index (κ3) is 3.09. The Hall–Kier alpha value is -2.27. The van der Waals surface area contributed by atoms with Crippen LogP contribution >= 0.6 is 0 Å². The van der Waals surface area contributed by atoms with E-state index in [2.05, 4.69) is 14.3 Å². The monoisotopic (exact) mass is 242 g/mol. The predicted octanol–water partition coefficient (Wildman–Crippen LogP) is 1.48. The lowest BCUT2D eigenvalue weighted by Crippen LogP contribution is -2.19. The fourth-order valence-corrected chi connectivity index (χ4v) is 1.16. The number of carbonyl (C=O) groups is 1. The van der Waals surface area contributed by atoms with E-state index in [0.29, 0.717) is 0 Å². The third-order valence-corrected chi connectivity index (χ3v) is 1.84. The number of rotatable bonds is 4. The van der Waals surface area contributed by atoms with E-state index in [0.717, 1.165) is 7.11 Å². The molecule has 5 nitrogen and oxygen atoms in total. The number of esters is 1. The highest BCUT2D eigenvalue weighted by Gasteiger charge is 2.28. The Balaban J connectivity index is 3.20. The number of nitrogens with zero attached hydrogens (tertiary/aromatic N) is 2. The number of hydrogen-bond acceptors (Lipinski definition) is 3. The van der Waals surface area contributed by atoms with Crippen LogP contribution < -0.4 is 4.74 Å². The van der Waals surface area contributed by atoms with E-state index in [1.165, 1.54) is 24.3 Å². The number of methoxy groups -OCH3 is 1. The number of halogens is 2. The topological polar surface area (TPSA) is 71.9 Å². The molecule has 0 amide bonds. The summed E-state index contributed by atoms with van der Waals surface area (Å²) in [5, 5.41) is 0. The highest BCUT2D eigenvalue weighted by atomic mass is 19.3. The summed E-state index contributed by atoms with van der Waals surface area (Å²) in [6.07, 6.45) is 0. The van der Waals surface area contributed by atoms with Crippen molar-refractivity contribution in [2.75, 3.05) is 7.11 Å². The first-order valence-corrected chi connectivity index (χ1v) is 4.44. The zero-order valence-electron chi connectivity index (χ0n) is 8.76. The van der Waals surface area contributed by atoms with E-state index in [-0.39, 0.29) is 11.3 Å². The van der Waals surface area contributed by atoms with E-state index in [4.69, 9.17) is 5.53 Å². The van der Waals surface area contributed by atoms with Gasteiger partial charge in [0.15, 0.2) is 0 Å². The highest BCUT2D eigenvalue weighted by Crippen LogP contribution is 2.20. The average molecular weight is 242 g/mol. The Morgan fingerprint density at radius 1 is 1.41 bits per heavy atom. The summed E-state index contributed by atoms with van der Waals surface area (Å²) in [4.78, 5) is 13.9. The van der Waals surface area contributed by atoms with Gasteiger partial charge in [-0.1, -0.05) is 12.1 Å². The first-order chi connectivity index (χ1) is 8.10. The molecule has 0 aliphatic carbocycles. The van der Waals surface area contributed by atoms with Crippen LogP contribution in [0.5, 0.6) is 5.75 Å². The molecule has 0 saturated carbocycles. The zero-order valence-corrected chi connectivity index (χ0v) is 8.76. The van der Waals surface area contributed by atoms with Crippen molar-refractivity contribution in [3.8, 4) is 5.75 Å². The summed E-state index contributed by atoms with van der Waals surface area (Å²) >= 11 is 0. The van der Waals surface area contributed by atoms with Gasteiger partial charge >= 0.3 is 18.3 Å². The molecule has 0 atom stereocenters. The molecule has 17 heavy (non-hydrogen) atoms. The van der Waals surface area contributed by atoms with Gasteiger partial charge in [-0.3, -0.25) is 0 Å². The second-order valence-electron chi connectivity index (χ2n) is 2.81. The van der Waals surface area contributed by atoms with Crippen LogP contribution in [0.15, 0.2) is 24.3 Å². The molecule has 0 radical (unpaired) electrons. The molecule has 0 aromatic heterocycles. The standard InChI is InChI=1S/C10H8F2N2O3/c1-16-9(15)8(14-13)6-4-2-3-5-7(6)17-10(11)12/h2-5,10H,1H3. The van der Waals surface area contributed by atoms with E-state index in [1.807, 2.05) is 0 Å². The Kier molecular flexibility index (Phi) is 4.30. The highest BCUT2D eigenvalue weighted by molar-refractivity contribution is 6.41. The van der Waals surface area contributed by atoms with Gasteiger partial charge in [0.1, 0.15) is 11.3 Å². The second kappa shape index (κ2) is 5.72. The van der Waals surface area contributed by atoms with Crippen molar-refractivity contribution < 1.29 is 27.8 Å². The molecular formula is C10H8F2N2O3. The average Bonchev–Trinajstić information content (AvgIpc) is 2.31. The van der Waals surface area contributed by atoms with Crippen LogP contribution in [0.4, 0.5) is 8.78 Å². The normalized spacial score (nSPS) is 9.65. The van der Waals surface area contributed by atoms with E-state index >= 15 is 0 Å². The summed E-state index contributed by atoms with van der Waals surface area (Å²) in [5.41, 5.74) is 8.09. The minimum Gasteiger partial charge on any atom is -0.460 e. The van der Waals surface area contributed by atoms with Crippen LogP contribution in [-0.2, 0) is 9.53 Å². The smallest absolute Gasteiger partial charge is 0.422 e. The molecule has 0 aliphatic rings. The van der Waals surface area contributed by atoms with Gasteiger partial charge in [-0.05, 0) is 12.1 Å². The van der Waals surface area contributed by atoms with Crippen LogP contribution in [0.3, 0.4) is 0 Å². The minimum atomic E-state index is -3.05. The first kappa shape index (κ1) is 12.8. The van der Waals surface area contributed by atoms with Crippen LogP contribution in [0.2, 0.25) is 0 Å². The van der Waals surface area contributed by atoms with E-state index in [9.17, 15) is 13.6 Å². The van der Waals surface area contributed by atoms with Gasteiger partial charge in [0.2, 0.25) is 0 Å². The van der Waals surface area contributed by atoms with Crippen LogP contribution in [-0.4, -0.2) is 30.2 Å². The number of benzene rings is 1. The largest absolute Gasteiger partial charge is 0.460 e. The molecule has 0 fully saturated rings. The fourth-order valence-electron chi connectivity index (χ4n) is 1.16. The second-order valence-corrected chi connectivity index (χ2v) is 2.81. The Labute approximate surface area is 95.2 Å². The maximum Gasteiger partial charge on any atom is 0.422 e. The summed E-state index contributed by atoms with van der Waals surface area (Å²) in [5.74, 6) is -1.24. The van der Waals surface area contributed by atoms with Gasteiger partial charge in [0, 0.05) is 0 Å². The van der Waals surface area contributed by atoms with Crippen molar-refractivity contribution in [3.05, 3.63) is 35.4 Å². The number of carbonyl (C=O) groups excluding carboxylic acids is 1. The number of para-hydroxylation sites is 1. The van der Waals surface area contributed by atoms with E-state index in [1.54, 1.807) is 0 Å². The number of ether oxygens (including phenoxy) is 2. The predicted molar refractivity (Wildman–Crippen MR) is 52.8 cm³/mol. The first-order valence-electron chi connectivity index (χ1n) is 4.44. The number of hydrogen-bond donors (Lipinski definition) is 0. The summed E-state index contributed by atoms with van der Waals surface area (Å²) in [6.45, 7) is -3.05. The zero-order chi connectivity index (χ0) is 12.8. The lowest BCUT2D eigenvalue weighted by Gasteiger charge is -2.06. The van der Waals surface area contributed by atoms with Gasteiger partial charge in [-0.25, -0.2) is 4.79 Å². The summed E-state index contributed by atoms with van der Waals surface area (Å²) in [7, 11) is 1.07. The molecule has 0 heterocycles. The molecule has 0 bridgehead atoms. The SMILES string of the molecule is COC(=O)C(=[N+]=[N-])c1ccccc1OC(F)F. The van der Waals surface area contributed by atoms with Gasteiger partial charge in [0.25, 0.3) is 0 Å². The molecular weight excluding hydrogens is 234 g/mol. The third-order valence-electron chi connectivity index (χ3n) is 1.84. The van der Waals surface area contributed by atoms with Crippen molar-refractivity contribution in [2.45, 2.75) is 6.61 Å². The van der Waals surface area contributed by atoms with Crippen molar-refractivity contribution in [1.82, 2.24) is 0 Å². The molecule has 1 aromatic rings. The number of alkyl halides is 2. The van der Waals surface area contributed by atoms with Gasteiger partial charge in [0.05, 0.1) is 7.11 Å². The molecule has 0 spiro atoms. The summed E-state index contributed by atoms with van der Waals surface area (Å²) in [6, 6.07) is 5.43. The van der Waals surface area contributed by atoms with Gasteiger partial charge in [-0.2, -0.15) is 13.6 Å². The molecule has 0 saturated heterocycles. The van der Waals surface area contributed by atoms with Gasteiger partial charge < -0.3 is 15.0 Å². The Morgan fingerprint density at radius 3 is 2.59 bits per heavy atom. The molecule has 0 unspecified atom stereocenters. The van der Waals surface area contributed by atoms with Crippen LogP contribution in [0, 0.1) is 0 Å². The van der Waals surface area contributed by atoms with Crippen LogP contribution in [0.1, 0.15) is 5.56 Å². The molecule has 1 aromatic carbocycles. The van der Waals surface area contributed by atoms with Crippen LogP contribution in [0.25, 0.3) is 5.53 Å². The molecule has 0 aliphatic heterocycles. The summed E-state index contributed by atoms with van der Waals surface area (Å²) < 4.78 is 32.8. The van der Waals surface area contributed by atoms with Crippen molar-refractivity contribution in [3.63, 3.8) is 0 Å². The quantitative estimate of drug-likeness (QED) is 0.347. The Bertz CT molecular complexity index is 470. The maximum atomic E-state index is 12.1. The van der Waals surface area contributed by atoms with Crippen molar-refractivity contribution >= 4 is 11.7 Å². The van der Waals surface area contributed by atoms with Gasteiger partial charge in [-0.15, -0.1) is 0 Å². The fraction of sp³-hybridized carbons (Fsp3) is 0.200. The molecule has 1 rings (SSSR count). The lowest BCUT2D eigenvalue weighted by atomic mass is 10.1. The maximum absolute atomic E-state index is 12.1. The van der Waals surface area contributed by atoms with Crippen molar-refractivity contribution in [2.24, 2.45) is 0 Å². The van der Waals surface area contributed by atoms with Crippen molar-refractivity contribution in [1.29, 1.82) is 0 Å². The molecule has 0 N–H and O–H groups in total. The molecule has 7 heteroatoms.